The lowest BCUT2D eigenvalue weighted by atomic mass is 9.92. The molecule has 4 rings (SSSR count). The summed E-state index contributed by atoms with van der Waals surface area (Å²) in [4.78, 5) is 13.9. The van der Waals surface area contributed by atoms with Gasteiger partial charge < -0.3 is 9.72 Å². The first-order valence-corrected chi connectivity index (χ1v) is 7.32. The predicted octanol–water partition coefficient (Wildman–Crippen LogP) is 2.39. The standard InChI is InChI=1S/C16H17N5/c1-17-12-5-4-6-13-11(12)9-18-16(20-13)14-10-21-8-3-2-7-15(21)19-14/h2-3,7-10,12,17H,4-6H2,1H3. The topological polar surface area (TPSA) is 55.1 Å². The van der Waals surface area contributed by atoms with Crippen LogP contribution in [0.25, 0.3) is 17.2 Å². The Kier molecular flexibility index (Phi) is 2.93. The molecule has 0 saturated heterocycles. The second-order valence-corrected chi connectivity index (χ2v) is 5.42. The minimum absolute atomic E-state index is 0.379. The van der Waals surface area contributed by atoms with Crippen LogP contribution in [-0.4, -0.2) is 26.4 Å². The summed E-state index contributed by atoms with van der Waals surface area (Å²) >= 11 is 0. The molecular formula is C16H17N5. The van der Waals surface area contributed by atoms with E-state index in [1.54, 1.807) is 0 Å². The molecule has 1 unspecified atom stereocenters. The van der Waals surface area contributed by atoms with E-state index in [9.17, 15) is 0 Å². The molecular weight excluding hydrogens is 262 g/mol. The van der Waals surface area contributed by atoms with Gasteiger partial charge in [-0.1, -0.05) is 6.07 Å². The minimum Gasteiger partial charge on any atom is -0.313 e. The Bertz CT molecular complexity index is 759. The van der Waals surface area contributed by atoms with Gasteiger partial charge in [-0.2, -0.15) is 0 Å². The number of hydrogen-bond donors (Lipinski definition) is 1. The maximum atomic E-state index is 4.75. The van der Waals surface area contributed by atoms with Gasteiger partial charge in [0.05, 0.1) is 0 Å². The van der Waals surface area contributed by atoms with E-state index >= 15 is 0 Å². The average Bonchev–Trinajstić information content (AvgIpc) is 2.97. The maximum Gasteiger partial charge on any atom is 0.180 e. The molecule has 0 fully saturated rings. The third kappa shape index (κ3) is 2.10. The molecule has 0 radical (unpaired) electrons. The highest BCUT2D eigenvalue weighted by molar-refractivity contribution is 5.55. The van der Waals surface area contributed by atoms with E-state index in [1.807, 2.05) is 48.2 Å². The molecule has 1 aliphatic rings. The Balaban J connectivity index is 1.79. The number of nitrogens with zero attached hydrogens (tertiary/aromatic N) is 4. The van der Waals surface area contributed by atoms with E-state index in [-0.39, 0.29) is 0 Å². The third-order valence-electron chi connectivity index (χ3n) is 4.12. The van der Waals surface area contributed by atoms with Crippen molar-refractivity contribution >= 4 is 5.65 Å². The van der Waals surface area contributed by atoms with Gasteiger partial charge in [0.25, 0.3) is 0 Å². The summed E-state index contributed by atoms with van der Waals surface area (Å²) in [7, 11) is 2.00. The number of fused-ring (bicyclic) bond motifs is 2. The normalized spacial score (nSPS) is 17.9. The Labute approximate surface area is 123 Å². The van der Waals surface area contributed by atoms with Crippen LogP contribution in [0.4, 0.5) is 0 Å². The molecule has 5 nitrogen and oxygen atoms in total. The number of imidazole rings is 1. The van der Waals surface area contributed by atoms with E-state index in [1.165, 1.54) is 12.0 Å². The summed E-state index contributed by atoms with van der Waals surface area (Å²) in [5.41, 5.74) is 4.14. The van der Waals surface area contributed by atoms with E-state index in [0.717, 1.165) is 29.9 Å². The van der Waals surface area contributed by atoms with Crippen LogP contribution < -0.4 is 5.32 Å². The number of aryl methyl sites for hydroxylation is 1. The molecule has 1 aliphatic carbocycles. The molecule has 5 heteroatoms. The van der Waals surface area contributed by atoms with Gasteiger partial charge >= 0.3 is 0 Å². The highest BCUT2D eigenvalue weighted by Gasteiger charge is 2.21. The fraction of sp³-hybridized carbons (Fsp3) is 0.312. The van der Waals surface area contributed by atoms with Crippen molar-refractivity contribution in [3.63, 3.8) is 0 Å². The van der Waals surface area contributed by atoms with Crippen LogP contribution in [0.2, 0.25) is 0 Å². The Morgan fingerprint density at radius 2 is 2.24 bits per heavy atom. The van der Waals surface area contributed by atoms with E-state index in [0.29, 0.717) is 11.9 Å². The largest absolute Gasteiger partial charge is 0.313 e. The van der Waals surface area contributed by atoms with Gasteiger partial charge in [0.2, 0.25) is 0 Å². The molecule has 3 aromatic heterocycles. The zero-order valence-electron chi connectivity index (χ0n) is 12.0. The summed E-state index contributed by atoms with van der Waals surface area (Å²) in [6.07, 6.45) is 9.27. The fourth-order valence-electron chi connectivity index (χ4n) is 3.01. The first-order chi connectivity index (χ1) is 10.3. The minimum atomic E-state index is 0.379. The third-order valence-corrected chi connectivity index (χ3v) is 4.12. The molecule has 0 aliphatic heterocycles. The zero-order chi connectivity index (χ0) is 14.2. The lowest BCUT2D eigenvalue weighted by Gasteiger charge is -2.23. The lowest BCUT2D eigenvalue weighted by Crippen LogP contribution is -2.22. The second-order valence-electron chi connectivity index (χ2n) is 5.42. The molecule has 3 aromatic rings. The summed E-state index contributed by atoms with van der Waals surface area (Å²) in [5, 5.41) is 3.34. The van der Waals surface area contributed by atoms with Crippen molar-refractivity contribution in [2.45, 2.75) is 25.3 Å². The van der Waals surface area contributed by atoms with Crippen LogP contribution in [0.15, 0.2) is 36.8 Å². The molecule has 0 aromatic carbocycles. The second kappa shape index (κ2) is 4.93. The molecule has 1 N–H and O–H groups in total. The van der Waals surface area contributed by atoms with Gasteiger partial charge in [-0.15, -0.1) is 0 Å². The van der Waals surface area contributed by atoms with Crippen molar-refractivity contribution in [1.29, 1.82) is 0 Å². The maximum absolute atomic E-state index is 4.75. The number of nitrogens with one attached hydrogen (secondary N) is 1. The number of pyridine rings is 1. The molecule has 0 bridgehead atoms. The van der Waals surface area contributed by atoms with Crippen molar-refractivity contribution in [2.24, 2.45) is 0 Å². The van der Waals surface area contributed by atoms with Gasteiger partial charge in [0.15, 0.2) is 5.82 Å². The number of aromatic nitrogens is 4. The molecule has 3 heterocycles. The summed E-state index contributed by atoms with van der Waals surface area (Å²) < 4.78 is 1.99. The Morgan fingerprint density at radius 3 is 3.10 bits per heavy atom. The summed E-state index contributed by atoms with van der Waals surface area (Å²) in [5.74, 6) is 0.717. The number of rotatable bonds is 2. The van der Waals surface area contributed by atoms with Gasteiger partial charge in [-0.25, -0.2) is 15.0 Å². The van der Waals surface area contributed by atoms with Crippen LogP contribution in [0.5, 0.6) is 0 Å². The highest BCUT2D eigenvalue weighted by atomic mass is 15.0. The quantitative estimate of drug-likeness (QED) is 0.782. The molecule has 0 spiro atoms. The predicted molar refractivity (Wildman–Crippen MR) is 81.0 cm³/mol. The van der Waals surface area contributed by atoms with Crippen LogP contribution in [0.3, 0.4) is 0 Å². The van der Waals surface area contributed by atoms with E-state index in [2.05, 4.69) is 15.3 Å². The van der Waals surface area contributed by atoms with Gasteiger partial charge in [-0.05, 0) is 38.4 Å². The smallest absolute Gasteiger partial charge is 0.180 e. The van der Waals surface area contributed by atoms with Crippen LogP contribution in [0.1, 0.15) is 30.1 Å². The SMILES string of the molecule is CNC1CCCc2nc(-c3cn4ccccc4n3)ncc21. The van der Waals surface area contributed by atoms with Crippen LogP contribution in [0, 0.1) is 0 Å². The Hall–Kier alpha value is -2.27. The van der Waals surface area contributed by atoms with Crippen molar-refractivity contribution < 1.29 is 0 Å². The summed E-state index contributed by atoms with van der Waals surface area (Å²) in [6, 6.07) is 6.34. The Morgan fingerprint density at radius 1 is 1.29 bits per heavy atom. The molecule has 106 valence electrons. The monoisotopic (exact) mass is 279 g/mol. The lowest BCUT2D eigenvalue weighted by molar-refractivity contribution is 0.487. The first-order valence-electron chi connectivity index (χ1n) is 7.32. The molecule has 21 heavy (non-hydrogen) atoms. The van der Waals surface area contributed by atoms with Crippen molar-refractivity contribution in [3.8, 4) is 11.5 Å². The summed E-state index contributed by atoms with van der Waals surface area (Å²) in [6.45, 7) is 0. The van der Waals surface area contributed by atoms with Crippen LogP contribution in [-0.2, 0) is 6.42 Å². The van der Waals surface area contributed by atoms with Crippen molar-refractivity contribution in [2.75, 3.05) is 7.05 Å². The zero-order valence-corrected chi connectivity index (χ0v) is 12.0. The number of hydrogen-bond acceptors (Lipinski definition) is 4. The first kappa shape index (κ1) is 12.5. The van der Waals surface area contributed by atoms with Crippen molar-refractivity contribution in [3.05, 3.63) is 48.0 Å². The van der Waals surface area contributed by atoms with Gasteiger partial charge in [-0.3, -0.25) is 0 Å². The van der Waals surface area contributed by atoms with Gasteiger partial charge in [0, 0.05) is 35.9 Å². The average molecular weight is 279 g/mol. The molecule has 0 saturated carbocycles. The molecule has 0 amide bonds. The fourth-order valence-corrected chi connectivity index (χ4v) is 3.01. The highest BCUT2D eigenvalue weighted by Crippen LogP contribution is 2.29. The van der Waals surface area contributed by atoms with Gasteiger partial charge in [0.1, 0.15) is 11.3 Å². The van der Waals surface area contributed by atoms with E-state index in [4.69, 9.17) is 4.98 Å². The van der Waals surface area contributed by atoms with Crippen molar-refractivity contribution in [1.82, 2.24) is 24.7 Å². The van der Waals surface area contributed by atoms with Crippen LogP contribution >= 0.6 is 0 Å². The van der Waals surface area contributed by atoms with E-state index < -0.39 is 0 Å². The molecule has 1 atom stereocenters.